The smallest absolute Gasteiger partial charge is 0.269 e. The molecular formula is C22H22FN3O2. The monoisotopic (exact) mass is 379 g/mol. The third kappa shape index (κ3) is 5.14. The molecule has 0 fully saturated rings. The minimum Gasteiger partial charge on any atom is -0.346 e. The Morgan fingerprint density at radius 3 is 2.36 bits per heavy atom. The molecule has 0 amide bonds. The first-order valence-electron chi connectivity index (χ1n) is 9.00. The minimum absolute atomic E-state index is 0.0900. The number of halogens is 1. The van der Waals surface area contributed by atoms with Gasteiger partial charge in [0.2, 0.25) is 0 Å². The second-order valence-corrected chi connectivity index (χ2v) is 6.64. The zero-order valence-electron chi connectivity index (χ0n) is 15.5. The van der Waals surface area contributed by atoms with Crippen LogP contribution in [0.5, 0.6) is 0 Å². The summed E-state index contributed by atoms with van der Waals surface area (Å²) in [6, 6.07) is 17.2. The van der Waals surface area contributed by atoms with Gasteiger partial charge in [0.15, 0.2) is 0 Å². The van der Waals surface area contributed by atoms with Crippen molar-refractivity contribution in [2.75, 3.05) is 6.54 Å². The van der Waals surface area contributed by atoms with Crippen molar-refractivity contribution < 1.29 is 9.31 Å². The number of benzene rings is 2. The van der Waals surface area contributed by atoms with Gasteiger partial charge in [0, 0.05) is 50.2 Å². The fourth-order valence-corrected chi connectivity index (χ4v) is 3.11. The quantitative estimate of drug-likeness (QED) is 0.306. The molecule has 0 aliphatic carbocycles. The third-order valence-corrected chi connectivity index (χ3v) is 4.52. The van der Waals surface area contributed by atoms with Crippen LogP contribution in [0.1, 0.15) is 16.8 Å². The number of hydrogen-bond donors (Lipinski definition) is 0. The van der Waals surface area contributed by atoms with E-state index < -0.39 is 4.92 Å². The van der Waals surface area contributed by atoms with Crippen LogP contribution in [0.2, 0.25) is 0 Å². The van der Waals surface area contributed by atoms with Crippen LogP contribution in [0.3, 0.4) is 0 Å². The molecule has 0 bridgehead atoms. The molecule has 0 saturated heterocycles. The van der Waals surface area contributed by atoms with Crippen LogP contribution in [0.15, 0.2) is 79.5 Å². The topological polar surface area (TPSA) is 51.3 Å². The summed E-state index contributed by atoms with van der Waals surface area (Å²) in [5, 5.41) is 10.8. The van der Waals surface area contributed by atoms with Gasteiger partial charge in [-0.25, -0.2) is 4.39 Å². The number of non-ortho nitro benzene ring substituents is 1. The van der Waals surface area contributed by atoms with Crippen molar-refractivity contribution >= 4 is 5.69 Å². The SMILES string of the molecule is C=CCN(Cc1ccc([N+](=O)[O-])cc1)Cc1cccn1Cc1ccc(F)cc1. The van der Waals surface area contributed by atoms with Crippen molar-refractivity contribution in [1.29, 1.82) is 0 Å². The Hall–Kier alpha value is -3.25. The van der Waals surface area contributed by atoms with Crippen molar-refractivity contribution in [2.45, 2.75) is 19.6 Å². The Balaban J connectivity index is 1.70. The maximum absolute atomic E-state index is 13.1. The van der Waals surface area contributed by atoms with Crippen molar-refractivity contribution in [3.05, 3.63) is 112 Å². The fraction of sp³-hybridized carbons (Fsp3) is 0.182. The summed E-state index contributed by atoms with van der Waals surface area (Å²) < 4.78 is 15.3. The summed E-state index contributed by atoms with van der Waals surface area (Å²) in [4.78, 5) is 12.6. The predicted molar refractivity (Wildman–Crippen MR) is 107 cm³/mol. The van der Waals surface area contributed by atoms with Crippen LogP contribution in [-0.2, 0) is 19.6 Å². The van der Waals surface area contributed by atoms with Crippen molar-refractivity contribution in [3.8, 4) is 0 Å². The van der Waals surface area contributed by atoms with Gasteiger partial charge in [0.25, 0.3) is 5.69 Å². The predicted octanol–water partition coefficient (Wildman–Crippen LogP) is 4.77. The third-order valence-electron chi connectivity index (χ3n) is 4.52. The zero-order chi connectivity index (χ0) is 19.9. The molecule has 0 radical (unpaired) electrons. The van der Waals surface area contributed by atoms with E-state index in [2.05, 4.69) is 22.1 Å². The van der Waals surface area contributed by atoms with Crippen molar-refractivity contribution in [3.63, 3.8) is 0 Å². The summed E-state index contributed by atoms with van der Waals surface area (Å²) in [6.45, 7) is 6.56. The zero-order valence-corrected chi connectivity index (χ0v) is 15.5. The number of nitrogens with zero attached hydrogens (tertiary/aromatic N) is 3. The van der Waals surface area contributed by atoms with Gasteiger partial charge in [-0.15, -0.1) is 6.58 Å². The van der Waals surface area contributed by atoms with Gasteiger partial charge in [0.1, 0.15) is 5.82 Å². The van der Waals surface area contributed by atoms with Crippen LogP contribution in [-0.4, -0.2) is 20.9 Å². The lowest BCUT2D eigenvalue weighted by atomic mass is 10.2. The number of rotatable bonds is 9. The van der Waals surface area contributed by atoms with Gasteiger partial charge in [-0.2, -0.15) is 0 Å². The standard InChI is InChI=1S/C22H22FN3O2/c1-2-13-24(15-18-7-11-21(12-8-18)26(27)28)17-22-4-3-14-25(22)16-19-5-9-20(23)10-6-19/h2-12,14H,1,13,15-17H2. The lowest BCUT2D eigenvalue weighted by Crippen LogP contribution is -2.24. The average molecular weight is 379 g/mol. The van der Waals surface area contributed by atoms with Crippen molar-refractivity contribution in [2.24, 2.45) is 0 Å². The Morgan fingerprint density at radius 2 is 1.71 bits per heavy atom. The molecule has 1 heterocycles. The van der Waals surface area contributed by atoms with E-state index >= 15 is 0 Å². The molecule has 2 aromatic carbocycles. The molecule has 0 unspecified atom stereocenters. The van der Waals surface area contributed by atoms with Gasteiger partial charge in [-0.05, 0) is 35.4 Å². The first-order valence-corrected chi connectivity index (χ1v) is 9.00. The van der Waals surface area contributed by atoms with E-state index in [9.17, 15) is 14.5 Å². The normalized spacial score (nSPS) is 10.9. The van der Waals surface area contributed by atoms with Crippen LogP contribution in [0, 0.1) is 15.9 Å². The Labute approximate surface area is 163 Å². The van der Waals surface area contributed by atoms with Gasteiger partial charge < -0.3 is 4.57 Å². The highest BCUT2D eigenvalue weighted by molar-refractivity contribution is 5.32. The largest absolute Gasteiger partial charge is 0.346 e. The maximum Gasteiger partial charge on any atom is 0.269 e. The highest BCUT2D eigenvalue weighted by Gasteiger charge is 2.11. The summed E-state index contributed by atoms with van der Waals surface area (Å²) in [5.74, 6) is -0.239. The van der Waals surface area contributed by atoms with E-state index in [1.54, 1.807) is 24.3 Å². The van der Waals surface area contributed by atoms with E-state index in [-0.39, 0.29) is 11.5 Å². The first-order chi connectivity index (χ1) is 13.5. The van der Waals surface area contributed by atoms with Gasteiger partial charge in [0.05, 0.1) is 4.92 Å². The number of nitro groups is 1. The molecule has 3 aromatic rings. The molecule has 0 aliphatic rings. The molecule has 0 saturated carbocycles. The Kier molecular flexibility index (Phi) is 6.34. The molecule has 1 aromatic heterocycles. The highest BCUT2D eigenvalue weighted by Crippen LogP contribution is 2.16. The van der Waals surface area contributed by atoms with Gasteiger partial charge in [-0.3, -0.25) is 15.0 Å². The molecule has 28 heavy (non-hydrogen) atoms. The van der Waals surface area contributed by atoms with Gasteiger partial charge >= 0.3 is 0 Å². The van der Waals surface area contributed by atoms with Crippen molar-refractivity contribution in [1.82, 2.24) is 9.47 Å². The molecule has 144 valence electrons. The second-order valence-electron chi connectivity index (χ2n) is 6.64. The molecule has 0 spiro atoms. The number of nitro benzene ring substituents is 1. The van der Waals surface area contributed by atoms with Crippen LogP contribution in [0.4, 0.5) is 10.1 Å². The minimum atomic E-state index is -0.395. The van der Waals surface area contributed by atoms with Crippen LogP contribution >= 0.6 is 0 Å². The Morgan fingerprint density at radius 1 is 1.04 bits per heavy atom. The van der Waals surface area contributed by atoms with Crippen LogP contribution in [0.25, 0.3) is 0 Å². The van der Waals surface area contributed by atoms with E-state index in [4.69, 9.17) is 0 Å². The van der Waals surface area contributed by atoms with E-state index in [0.717, 1.165) is 16.8 Å². The van der Waals surface area contributed by atoms with E-state index in [1.807, 2.05) is 18.3 Å². The highest BCUT2D eigenvalue weighted by atomic mass is 19.1. The Bertz CT molecular complexity index is 933. The van der Waals surface area contributed by atoms with E-state index in [1.165, 1.54) is 24.3 Å². The summed E-state index contributed by atoms with van der Waals surface area (Å²) in [6.07, 6.45) is 3.86. The molecule has 0 N–H and O–H groups in total. The molecule has 5 nitrogen and oxygen atoms in total. The maximum atomic E-state index is 13.1. The molecular weight excluding hydrogens is 357 g/mol. The molecule has 0 aliphatic heterocycles. The average Bonchev–Trinajstić information content (AvgIpc) is 3.11. The fourth-order valence-electron chi connectivity index (χ4n) is 3.11. The molecule has 3 rings (SSSR count). The summed E-state index contributed by atoms with van der Waals surface area (Å²) in [7, 11) is 0. The molecule has 6 heteroatoms. The summed E-state index contributed by atoms with van der Waals surface area (Å²) in [5.41, 5.74) is 3.26. The first kappa shape index (κ1) is 19.5. The lowest BCUT2D eigenvalue weighted by Gasteiger charge is -2.22. The van der Waals surface area contributed by atoms with E-state index in [0.29, 0.717) is 26.2 Å². The van der Waals surface area contributed by atoms with Gasteiger partial charge in [-0.1, -0.05) is 30.3 Å². The number of aromatic nitrogens is 1. The second kappa shape index (κ2) is 9.10. The lowest BCUT2D eigenvalue weighted by molar-refractivity contribution is -0.384. The van der Waals surface area contributed by atoms with Crippen LogP contribution < -0.4 is 0 Å². The summed E-state index contributed by atoms with van der Waals surface area (Å²) >= 11 is 0. The number of hydrogen-bond acceptors (Lipinski definition) is 3. The molecule has 0 atom stereocenters.